The number of methoxy groups -OCH3 is 2. The van der Waals surface area contributed by atoms with E-state index in [-0.39, 0.29) is 17.4 Å². The maximum absolute atomic E-state index is 10.2. The molecular formula is C12H26O3. The summed E-state index contributed by atoms with van der Waals surface area (Å²) in [7, 11) is 3.33. The van der Waals surface area contributed by atoms with Crippen molar-refractivity contribution in [2.45, 2.75) is 46.3 Å². The highest BCUT2D eigenvalue weighted by Gasteiger charge is 2.33. The standard InChI is InChI=1S/C12H26O3/c1-9(7-8-14-5)10(13)11(15-6)12(2,3)4/h9-11,13H,7-8H2,1-6H3. The molecule has 0 saturated heterocycles. The van der Waals surface area contributed by atoms with E-state index >= 15 is 0 Å². The first kappa shape index (κ1) is 14.9. The van der Waals surface area contributed by atoms with Crippen LogP contribution in [-0.2, 0) is 9.47 Å². The second kappa shape index (κ2) is 6.46. The molecule has 0 radical (unpaired) electrons. The van der Waals surface area contributed by atoms with Crippen LogP contribution in [-0.4, -0.2) is 38.1 Å². The normalized spacial score (nSPS) is 18.6. The first-order valence-electron chi connectivity index (χ1n) is 5.54. The number of hydrogen-bond acceptors (Lipinski definition) is 3. The van der Waals surface area contributed by atoms with Gasteiger partial charge in [-0.2, -0.15) is 0 Å². The van der Waals surface area contributed by atoms with Crippen LogP contribution in [0.25, 0.3) is 0 Å². The zero-order valence-corrected chi connectivity index (χ0v) is 10.9. The predicted octanol–water partition coefficient (Wildman–Crippen LogP) is 2.08. The average molecular weight is 218 g/mol. The van der Waals surface area contributed by atoms with Crippen molar-refractivity contribution in [3.63, 3.8) is 0 Å². The van der Waals surface area contributed by atoms with Gasteiger partial charge < -0.3 is 14.6 Å². The zero-order valence-electron chi connectivity index (χ0n) is 10.9. The highest BCUT2D eigenvalue weighted by molar-refractivity contribution is 4.83. The Morgan fingerprint density at radius 2 is 1.73 bits per heavy atom. The van der Waals surface area contributed by atoms with E-state index in [1.807, 2.05) is 6.92 Å². The average Bonchev–Trinajstić information content (AvgIpc) is 2.12. The fourth-order valence-electron chi connectivity index (χ4n) is 1.78. The smallest absolute Gasteiger partial charge is 0.0880 e. The lowest BCUT2D eigenvalue weighted by molar-refractivity contribution is -0.0931. The minimum Gasteiger partial charge on any atom is -0.390 e. The Morgan fingerprint density at radius 1 is 1.20 bits per heavy atom. The summed E-state index contributed by atoms with van der Waals surface area (Å²) in [6, 6.07) is 0. The summed E-state index contributed by atoms with van der Waals surface area (Å²) in [5.74, 6) is 0.189. The number of aliphatic hydroxyl groups is 1. The molecule has 1 N–H and O–H groups in total. The second-order valence-electron chi connectivity index (χ2n) is 5.27. The third kappa shape index (κ3) is 4.96. The van der Waals surface area contributed by atoms with Crippen LogP contribution in [0.2, 0.25) is 0 Å². The summed E-state index contributed by atoms with van der Waals surface area (Å²) in [5, 5.41) is 10.2. The van der Waals surface area contributed by atoms with Crippen molar-refractivity contribution in [1.82, 2.24) is 0 Å². The van der Waals surface area contributed by atoms with Crippen molar-refractivity contribution in [2.75, 3.05) is 20.8 Å². The first-order valence-corrected chi connectivity index (χ1v) is 5.54. The highest BCUT2D eigenvalue weighted by Crippen LogP contribution is 2.28. The van der Waals surface area contributed by atoms with Gasteiger partial charge in [0.05, 0.1) is 12.2 Å². The zero-order chi connectivity index (χ0) is 12.1. The molecule has 0 aromatic heterocycles. The van der Waals surface area contributed by atoms with Gasteiger partial charge in [-0.15, -0.1) is 0 Å². The van der Waals surface area contributed by atoms with Gasteiger partial charge in [0.25, 0.3) is 0 Å². The summed E-state index contributed by atoms with van der Waals surface area (Å²) < 4.78 is 10.4. The molecule has 3 nitrogen and oxygen atoms in total. The van der Waals surface area contributed by atoms with E-state index in [1.54, 1.807) is 14.2 Å². The molecule has 15 heavy (non-hydrogen) atoms. The molecule has 0 aliphatic carbocycles. The van der Waals surface area contributed by atoms with Gasteiger partial charge in [-0.25, -0.2) is 0 Å². The number of ether oxygens (including phenoxy) is 2. The van der Waals surface area contributed by atoms with Crippen LogP contribution in [0.15, 0.2) is 0 Å². The van der Waals surface area contributed by atoms with Gasteiger partial charge in [0.1, 0.15) is 0 Å². The van der Waals surface area contributed by atoms with E-state index in [9.17, 15) is 5.11 Å². The van der Waals surface area contributed by atoms with Gasteiger partial charge in [0, 0.05) is 20.8 Å². The minimum atomic E-state index is -0.440. The van der Waals surface area contributed by atoms with Crippen LogP contribution in [0.3, 0.4) is 0 Å². The molecule has 3 unspecified atom stereocenters. The van der Waals surface area contributed by atoms with Crippen molar-refractivity contribution in [3.05, 3.63) is 0 Å². The van der Waals surface area contributed by atoms with Gasteiger partial charge in [0.2, 0.25) is 0 Å². The summed E-state index contributed by atoms with van der Waals surface area (Å²) >= 11 is 0. The molecule has 0 rings (SSSR count). The van der Waals surface area contributed by atoms with E-state index in [0.717, 1.165) is 6.42 Å². The number of hydrogen-bond donors (Lipinski definition) is 1. The van der Waals surface area contributed by atoms with E-state index in [1.165, 1.54) is 0 Å². The molecular weight excluding hydrogens is 192 g/mol. The Hall–Kier alpha value is -0.120. The molecule has 0 aliphatic heterocycles. The monoisotopic (exact) mass is 218 g/mol. The van der Waals surface area contributed by atoms with E-state index in [2.05, 4.69) is 20.8 Å². The SMILES string of the molecule is COCCC(C)C(O)C(OC)C(C)(C)C. The maximum atomic E-state index is 10.2. The molecule has 3 heteroatoms. The molecule has 0 spiro atoms. The molecule has 92 valence electrons. The highest BCUT2D eigenvalue weighted by atomic mass is 16.5. The maximum Gasteiger partial charge on any atom is 0.0880 e. The topological polar surface area (TPSA) is 38.7 Å². The molecule has 0 amide bonds. The van der Waals surface area contributed by atoms with Crippen molar-refractivity contribution in [1.29, 1.82) is 0 Å². The van der Waals surface area contributed by atoms with Crippen LogP contribution < -0.4 is 0 Å². The number of aliphatic hydroxyl groups excluding tert-OH is 1. The Morgan fingerprint density at radius 3 is 2.07 bits per heavy atom. The lowest BCUT2D eigenvalue weighted by atomic mass is 9.81. The lowest BCUT2D eigenvalue weighted by Crippen LogP contribution is -2.43. The second-order valence-corrected chi connectivity index (χ2v) is 5.27. The van der Waals surface area contributed by atoms with Crippen LogP contribution in [0.1, 0.15) is 34.1 Å². The fourth-order valence-corrected chi connectivity index (χ4v) is 1.78. The fraction of sp³-hybridized carbons (Fsp3) is 1.00. The van der Waals surface area contributed by atoms with E-state index < -0.39 is 6.10 Å². The molecule has 0 aliphatic rings. The van der Waals surface area contributed by atoms with Gasteiger partial charge in [-0.05, 0) is 17.8 Å². The molecule has 0 heterocycles. The van der Waals surface area contributed by atoms with Crippen molar-refractivity contribution in [2.24, 2.45) is 11.3 Å². The summed E-state index contributed by atoms with van der Waals surface area (Å²) in [4.78, 5) is 0. The summed E-state index contributed by atoms with van der Waals surface area (Å²) in [6.45, 7) is 8.94. The molecule has 0 saturated carbocycles. The molecule has 0 bridgehead atoms. The Kier molecular flexibility index (Phi) is 6.41. The third-order valence-corrected chi connectivity index (χ3v) is 2.78. The minimum absolute atomic E-state index is 0.0461. The summed E-state index contributed by atoms with van der Waals surface area (Å²) in [6.07, 6.45) is 0.280. The lowest BCUT2D eigenvalue weighted by Gasteiger charge is -2.35. The van der Waals surface area contributed by atoms with Gasteiger partial charge in [0.15, 0.2) is 0 Å². The Balaban J connectivity index is 4.31. The summed E-state index contributed by atoms with van der Waals surface area (Å²) in [5.41, 5.74) is -0.0461. The largest absolute Gasteiger partial charge is 0.390 e. The molecule has 0 fully saturated rings. The number of rotatable bonds is 6. The van der Waals surface area contributed by atoms with Crippen molar-refractivity contribution >= 4 is 0 Å². The van der Waals surface area contributed by atoms with E-state index in [4.69, 9.17) is 9.47 Å². The quantitative estimate of drug-likeness (QED) is 0.742. The third-order valence-electron chi connectivity index (χ3n) is 2.78. The Bertz CT molecular complexity index is 163. The van der Waals surface area contributed by atoms with Gasteiger partial charge in [-0.1, -0.05) is 27.7 Å². The van der Waals surface area contributed by atoms with Crippen molar-refractivity contribution < 1.29 is 14.6 Å². The van der Waals surface area contributed by atoms with Gasteiger partial charge >= 0.3 is 0 Å². The predicted molar refractivity (Wildman–Crippen MR) is 61.9 cm³/mol. The molecule has 3 atom stereocenters. The first-order chi connectivity index (χ1) is 6.84. The molecule has 0 aromatic rings. The van der Waals surface area contributed by atoms with Crippen LogP contribution in [0.5, 0.6) is 0 Å². The molecule has 0 aromatic carbocycles. The van der Waals surface area contributed by atoms with Crippen molar-refractivity contribution in [3.8, 4) is 0 Å². The van der Waals surface area contributed by atoms with Crippen LogP contribution >= 0.6 is 0 Å². The van der Waals surface area contributed by atoms with E-state index in [0.29, 0.717) is 6.61 Å². The van der Waals surface area contributed by atoms with Crippen LogP contribution in [0.4, 0.5) is 0 Å². The Labute approximate surface area is 93.8 Å². The van der Waals surface area contributed by atoms with Gasteiger partial charge in [-0.3, -0.25) is 0 Å². The van der Waals surface area contributed by atoms with Crippen LogP contribution in [0, 0.1) is 11.3 Å².